The molecule has 0 saturated heterocycles. The lowest BCUT2D eigenvalue weighted by Crippen LogP contribution is -2.29. The van der Waals surface area contributed by atoms with Crippen LogP contribution in [0.5, 0.6) is 5.75 Å². The molecule has 0 aliphatic rings. The number of nitrogens with two attached hydrogens (primary N) is 1. The Morgan fingerprint density at radius 1 is 1.14 bits per heavy atom. The van der Waals surface area contributed by atoms with Crippen LogP contribution in [0.2, 0.25) is 0 Å². The molecule has 2 rings (SSSR count). The van der Waals surface area contributed by atoms with Gasteiger partial charge in [0.1, 0.15) is 5.75 Å². The number of benzene rings is 2. The van der Waals surface area contributed by atoms with Gasteiger partial charge in [0.2, 0.25) is 0 Å². The molecule has 0 aliphatic heterocycles. The first-order chi connectivity index (χ1) is 10.0. The normalized spacial score (nSPS) is 12.5. The maximum absolute atomic E-state index is 5.77. The lowest BCUT2D eigenvalue weighted by Gasteiger charge is -2.19. The van der Waals surface area contributed by atoms with Gasteiger partial charge in [-0.15, -0.1) is 0 Å². The van der Waals surface area contributed by atoms with Crippen LogP contribution in [-0.4, -0.2) is 6.10 Å². The summed E-state index contributed by atoms with van der Waals surface area (Å²) >= 11 is 5.84. The molecule has 21 heavy (non-hydrogen) atoms. The monoisotopic (exact) mass is 460 g/mol. The number of hydrogen-bond acceptors (Lipinski definition) is 3. The van der Waals surface area contributed by atoms with E-state index in [1.807, 2.05) is 44.2 Å². The summed E-state index contributed by atoms with van der Waals surface area (Å²) < 4.78 is 7.88. The predicted octanol–water partition coefficient (Wildman–Crippen LogP) is 4.39. The van der Waals surface area contributed by atoms with Crippen molar-refractivity contribution < 1.29 is 4.74 Å². The summed E-state index contributed by atoms with van der Waals surface area (Å²) in [5.74, 6) is 6.64. The second kappa shape index (κ2) is 7.58. The Kier molecular flexibility index (Phi) is 6.04. The molecule has 3 N–H and O–H groups in total. The summed E-state index contributed by atoms with van der Waals surface area (Å²) in [5, 5.41) is 0. The lowest BCUT2D eigenvalue weighted by molar-refractivity contribution is 0.242. The third-order valence-electron chi connectivity index (χ3n) is 3.02. The largest absolute Gasteiger partial charge is 0.491 e. The second-order valence-corrected chi connectivity index (χ2v) is 7.08. The first kappa shape index (κ1) is 16.7. The highest BCUT2D eigenvalue weighted by Gasteiger charge is 2.16. The predicted molar refractivity (Wildman–Crippen MR) is 98.2 cm³/mol. The maximum atomic E-state index is 5.77. The van der Waals surface area contributed by atoms with E-state index in [2.05, 4.69) is 56.1 Å². The molecule has 1 unspecified atom stereocenters. The molecule has 5 heteroatoms. The Labute approximate surface area is 147 Å². The minimum atomic E-state index is -0.0532. The van der Waals surface area contributed by atoms with Crippen LogP contribution in [0, 0.1) is 3.57 Å². The summed E-state index contributed by atoms with van der Waals surface area (Å²) in [4.78, 5) is 0. The lowest BCUT2D eigenvalue weighted by atomic mass is 9.99. The Hall–Kier alpha value is -0.630. The van der Waals surface area contributed by atoms with E-state index < -0.39 is 0 Å². The van der Waals surface area contributed by atoms with Gasteiger partial charge in [-0.3, -0.25) is 5.84 Å². The average Bonchev–Trinajstić information content (AvgIpc) is 2.44. The highest BCUT2D eigenvalue weighted by atomic mass is 127. The quantitative estimate of drug-likeness (QED) is 0.395. The van der Waals surface area contributed by atoms with E-state index >= 15 is 0 Å². The van der Waals surface area contributed by atoms with E-state index in [4.69, 9.17) is 10.6 Å². The molecule has 0 radical (unpaired) electrons. The average molecular weight is 461 g/mol. The number of hydrogen-bond donors (Lipinski definition) is 2. The summed E-state index contributed by atoms with van der Waals surface area (Å²) in [6, 6.07) is 14.2. The van der Waals surface area contributed by atoms with Gasteiger partial charge in [-0.2, -0.15) is 0 Å². The number of hydrazine groups is 1. The van der Waals surface area contributed by atoms with Crippen molar-refractivity contribution in [2.45, 2.75) is 26.0 Å². The highest BCUT2D eigenvalue weighted by molar-refractivity contribution is 14.1. The molecule has 0 bridgehead atoms. The summed E-state index contributed by atoms with van der Waals surface area (Å²) in [6.45, 7) is 4.03. The zero-order valence-corrected chi connectivity index (χ0v) is 15.7. The first-order valence-electron chi connectivity index (χ1n) is 6.69. The number of halogens is 2. The van der Waals surface area contributed by atoms with Crippen molar-refractivity contribution in [1.82, 2.24) is 5.43 Å². The van der Waals surface area contributed by atoms with Gasteiger partial charge >= 0.3 is 0 Å². The molecule has 0 aromatic heterocycles. The number of rotatable bonds is 5. The van der Waals surface area contributed by atoms with Gasteiger partial charge in [0.15, 0.2) is 0 Å². The SMILES string of the molecule is CC(C)Oc1ccc(C(NN)c2cc(Br)ccc2I)cc1. The topological polar surface area (TPSA) is 47.3 Å². The molecule has 0 spiro atoms. The summed E-state index contributed by atoms with van der Waals surface area (Å²) in [6.07, 6.45) is 0.172. The third kappa shape index (κ3) is 4.42. The molecule has 0 fully saturated rings. The van der Waals surface area contributed by atoms with Crippen LogP contribution in [0.3, 0.4) is 0 Å². The molecule has 1 atom stereocenters. The van der Waals surface area contributed by atoms with Crippen molar-refractivity contribution in [1.29, 1.82) is 0 Å². The van der Waals surface area contributed by atoms with Crippen molar-refractivity contribution >= 4 is 38.5 Å². The Balaban J connectivity index is 2.31. The molecule has 0 amide bonds. The first-order valence-corrected chi connectivity index (χ1v) is 8.56. The van der Waals surface area contributed by atoms with Gasteiger partial charge in [-0.1, -0.05) is 28.1 Å². The fourth-order valence-electron chi connectivity index (χ4n) is 2.11. The van der Waals surface area contributed by atoms with E-state index in [0.717, 1.165) is 21.3 Å². The summed E-state index contributed by atoms with van der Waals surface area (Å²) in [7, 11) is 0. The van der Waals surface area contributed by atoms with Crippen LogP contribution in [0.4, 0.5) is 0 Å². The van der Waals surface area contributed by atoms with Gasteiger partial charge < -0.3 is 4.74 Å². The Bertz CT molecular complexity index is 602. The van der Waals surface area contributed by atoms with E-state index in [9.17, 15) is 0 Å². The van der Waals surface area contributed by atoms with Crippen LogP contribution < -0.4 is 16.0 Å². The van der Waals surface area contributed by atoms with Crippen molar-refractivity contribution in [3.63, 3.8) is 0 Å². The molecule has 0 heterocycles. The van der Waals surface area contributed by atoms with Crippen molar-refractivity contribution in [3.05, 3.63) is 61.6 Å². The van der Waals surface area contributed by atoms with E-state index in [-0.39, 0.29) is 12.1 Å². The van der Waals surface area contributed by atoms with Crippen LogP contribution in [0.25, 0.3) is 0 Å². The van der Waals surface area contributed by atoms with Gasteiger partial charge in [-0.25, -0.2) is 5.43 Å². The molecular formula is C16H18BrIN2O. The standard InChI is InChI=1S/C16H18BrIN2O/c1-10(2)21-13-6-3-11(4-7-13)16(20-19)14-9-12(17)5-8-15(14)18/h3-10,16,20H,19H2,1-2H3. The zero-order valence-electron chi connectivity index (χ0n) is 11.9. The van der Waals surface area contributed by atoms with E-state index in [1.165, 1.54) is 3.57 Å². The van der Waals surface area contributed by atoms with Gasteiger partial charge in [-0.05, 0) is 77.9 Å². The number of ether oxygens (including phenoxy) is 1. The molecule has 0 aliphatic carbocycles. The van der Waals surface area contributed by atoms with Crippen molar-refractivity contribution in [2.24, 2.45) is 5.84 Å². The van der Waals surface area contributed by atoms with Crippen LogP contribution in [0.15, 0.2) is 46.9 Å². The van der Waals surface area contributed by atoms with Crippen LogP contribution in [0.1, 0.15) is 31.0 Å². The minimum absolute atomic E-state index is 0.0532. The number of nitrogens with one attached hydrogen (secondary N) is 1. The summed E-state index contributed by atoms with van der Waals surface area (Å²) in [5.41, 5.74) is 5.14. The molecule has 0 saturated carbocycles. The van der Waals surface area contributed by atoms with Gasteiger partial charge in [0.25, 0.3) is 0 Å². The fourth-order valence-corrected chi connectivity index (χ4v) is 3.14. The maximum Gasteiger partial charge on any atom is 0.119 e. The van der Waals surface area contributed by atoms with Crippen LogP contribution >= 0.6 is 38.5 Å². The molecule has 112 valence electrons. The molecular weight excluding hydrogens is 443 g/mol. The third-order valence-corrected chi connectivity index (χ3v) is 4.50. The molecule has 2 aromatic carbocycles. The fraction of sp³-hybridized carbons (Fsp3) is 0.250. The van der Waals surface area contributed by atoms with E-state index in [0.29, 0.717) is 0 Å². The molecule has 3 nitrogen and oxygen atoms in total. The molecule has 2 aromatic rings. The van der Waals surface area contributed by atoms with Crippen LogP contribution in [-0.2, 0) is 0 Å². The van der Waals surface area contributed by atoms with Crippen molar-refractivity contribution in [2.75, 3.05) is 0 Å². The van der Waals surface area contributed by atoms with Crippen molar-refractivity contribution in [3.8, 4) is 5.75 Å². The van der Waals surface area contributed by atoms with Gasteiger partial charge in [0.05, 0.1) is 12.1 Å². The Morgan fingerprint density at radius 3 is 2.38 bits per heavy atom. The zero-order chi connectivity index (χ0) is 15.4. The Morgan fingerprint density at radius 2 is 1.81 bits per heavy atom. The highest BCUT2D eigenvalue weighted by Crippen LogP contribution is 2.29. The minimum Gasteiger partial charge on any atom is -0.491 e. The van der Waals surface area contributed by atoms with E-state index in [1.54, 1.807) is 0 Å². The second-order valence-electron chi connectivity index (χ2n) is 5.00. The van der Waals surface area contributed by atoms with Gasteiger partial charge in [0, 0.05) is 8.04 Å². The smallest absolute Gasteiger partial charge is 0.119 e.